The number of aromatic nitrogens is 1. The molecular weight excluding hydrogens is 328 g/mol. The largest absolute Gasteiger partial charge is 0.342 e. The Morgan fingerprint density at radius 1 is 1.13 bits per heavy atom. The molecule has 23 heavy (non-hydrogen) atoms. The summed E-state index contributed by atoms with van der Waals surface area (Å²) in [5.74, 6) is -0.324. The molecule has 114 valence electrons. The molecular formula is C17H12N2O2S2. The number of amides is 2. The summed E-state index contributed by atoms with van der Waals surface area (Å²) >= 11 is 2.68. The zero-order valence-corrected chi connectivity index (χ0v) is 13.6. The summed E-state index contributed by atoms with van der Waals surface area (Å²) in [6, 6.07) is 12.2. The van der Waals surface area contributed by atoms with Crippen LogP contribution in [0.4, 0.5) is 4.79 Å². The number of carbonyl (C=O) groups excluding carboxylic acids is 2. The first-order chi connectivity index (χ1) is 11.2. The molecule has 0 bridgehead atoms. The van der Waals surface area contributed by atoms with Crippen LogP contribution in [0.15, 0.2) is 52.9 Å². The minimum absolute atomic E-state index is 0.316. The van der Waals surface area contributed by atoms with E-state index < -0.39 is 0 Å². The molecule has 2 amide bonds. The number of carbonyl (C=O) groups is 2. The van der Waals surface area contributed by atoms with E-state index in [-0.39, 0.29) is 11.1 Å². The molecule has 4 nitrogen and oxygen atoms in total. The third-order valence-electron chi connectivity index (χ3n) is 3.68. The topological polar surface area (TPSA) is 51.1 Å². The van der Waals surface area contributed by atoms with Gasteiger partial charge in [-0.2, -0.15) is 0 Å². The van der Waals surface area contributed by atoms with E-state index in [0.29, 0.717) is 4.91 Å². The lowest BCUT2D eigenvalue weighted by Crippen LogP contribution is -2.17. The van der Waals surface area contributed by atoms with Crippen molar-refractivity contribution in [3.8, 4) is 0 Å². The molecule has 0 atom stereocenters. The zero-order valence-electron chi connectivity index (χ0n) is 12.0. The first-order valence-electron chi connectivity index (χ1n) is 7.06. The Kier molecular flexibility index (Phi) is 3.55. The third kappa shape index (κ3) is 2.71. The van der Waals surface area contributed by atoms with E-state index in [1.165, 1.54) is 4.88 Å². The van der Waals surface area contributed by atoms with E-state index in [1.807, 2.05) is 12.1 Å². The van der Waals surface area contributed by atoms with E-state index in [9.17, 15) is 9.59 Å². The minimum Gasteiger partial charge on any atom is -0.342 e. The molecule has 0 saturated carbocycles. The lowest BCUT2D eigenvalue weighted by Gasteiger charge is -2.04. The molecule has 1 N–H and O–H groups in total. The van der Waals surface area contributed by atoms with Gasteiger partial charge in [-0.1, -0.05) is 18.2 Å². The average Bonchev–Trinajstić information content (AvgIpc) is 3.23. The van der Waals surface area contributed by atoms with Gasteiger partial charge in [0, 0.05) is 22.0 Å². The number of hydrogen-bond donors (Lipinski definition) is 1. The summed E-state index contributed by atoms with van der Waals surface area (Å²) in [6.07, 6.45) is 3.84. The average molecular weight is 340 g/mol. The Morgan fingerprint density at radius 3 is 2.78 bits per heavy atom. The highest BCUT2D eigenvalue weighted by Crippen LogP contribution is 2.29. The smallest absolute Gasteiger partial charge is 0.290 e. The Hall–Kier alpha value is -2.31. The molecule has 0 radical (unpaired) electrons. The lowest BCUT2D eigenvalue weighted by molar-refractivity contribution is -0.115. The second-order valence-corrected chi connectivity index (χ2v) is 7.20. The number of hydrogen-bond acceptors (Lipinski definition) is 4. The Labute approximate surface area is 140 Å². The van der Waals surface area contributed by atoms with Gasteiger partial charge in [0.15, 0.2) is 0 Å². The molecule has 0 spiro atoms. The highest BCUT2D eigenvalue weighted by atomic mass is 32.2. The highest BCUT2D eigenvalue weighted by Gasteiger charge is 2.25. The fourth-order valence-corrected chi connectivity index (χ4v) is 4.02. The number of nitrogens with zero attached hydrogens (tertiary/aromatic N) is 1. The minimum atomic E-state index is -0.324. The van der Waals surface area contributed by atoms with Gasteiger partial charge >= 0.3 is 0 Å². The standard InChI is InChI=1S/C17H12N2O2S2/c20-16-15(23-17(21)18-16)9-11-3-1-5-14-13(11)6-7-19(14)10-12-4-2-8-22-12/h1-9H,10H2,(H,18,20,21)/b15-9-. The van der Waals surface area contributed by atoms with Gasteiger partial charge in [-0.05, 0) is 47.0 Å². The van der Waals surface area contributed by atoms with Crippen LogP contribution in [0.2, 0.25) is 0 Å². The molecule has 2 aromatic heterocycles. The molecule has 0 unspecified atom stereocenters. The lowest BCUT2D eigenvalue weighted by atomic mass is 10.1. The van der Waals surface area contributed by atoms with Crippen LogP contribution in [0.1, 0.15) is 10.4 Å². The molecule has 1 aliphatic heterocycles. The third-order valence-corrected chi connectivity index (χ3v) is 5.35. The predicted molar refractivity (Wildman–Crippen MR) is 94.5 cm³/mol. The fourth-order valence-electron chi connectivity index (χ4n) is 2.64. The van der Waals surface area contributed by atoms with Gasteiger partial charge in [-0.15, -0.1) is 11.3 Å². The van der Waals surface area contributed by atoms with E-state index in [2.05, 4.69) is 45.7 Å². The first-order valence-corrected chi connectivity index (χ1v) is 8.75. The molecule has 0 aliphatic carbocycles. The van der Waals surface area contributed by atoms with Crippen molar-refractivity contribution in [2.45, 2.75) is 6.54 Å². The highest BCUT2D eigenvalue weighted by molar-refractivity contribution is 8.18. The zero-order chi connectivity index (χ0) is 15.8. The van der Waals surface area contributed by atoms with Gasteiger partial charge in [0.25, 0.3) is 11.1 Å². The van der Waals surface area contributed by atoms with Crippen molar-refractivity contribution >= 4 is 51.2 Å². The Balaban J connectivity index is 1.74. The molecule has 4 rings (SSSR count). The molecule has 6 heteroatoms. The van der Waals surface area contributed by atoms with Gasteiger partial charge in [-0.3, -0.25) is 14.9 Å². The van der Waals surface area contributed by atoms with Crippen LogP contribution in [0.5, 0.6) is 0 Å². The maximum Gasteiger partial charge on any atom is 0.290 e. The molecule has 3 heterocycles. The predicted octanol–water partition coefficient (Wildman–Crippen LogP) is 4.08. The van der Waals surface area contributed by atoms with Gasteiger partial charge in [0.05, 0.1) is 11.4 Å². The van der Waals surface area contributed by atoms with Crippen LogP contribution in [0.25, 0.3) is 17.0 Å². The number of fused-ring (bicyclic) bond motifs is 1. The molecule has 3 aromatic rings. The monoisotopic (exact) mass is 340 g/mol. The van der Waals surface area contributed by atoms with Crippen molar-refractivity contribution in [1.29, 1.82) is 0 Å². The summed E-state index contributed by atoms with van der Waals surface area (Å²) in [6.45, 7) is 0.828. The van der Waals surface area contributed by atoms with Crippen molar-refractivity contribution in [2.24, 2.45) is 0 Å². The molecule has 1 aromatic carbocycles. The summed E-state index contributed by atoms with van der Waals surface area (Å²) in [5, 5.41) is 5.11. The fraction of sp³-hybridized carbons (Fsp3) is 0.0588. The summed E-state index contributed by atoms with van der Waals surface area (Å²) in [4.78, 5) is 24.7. The second-order valence-electron chi connectivity index (χ2n) is 5.16. The number of benzene rings is 1. The SMILES string of the molecule is O=C1NC(=O)/C(=C/c2cccc3c2ccn3Cc2cccs2)S1. The van der Waals surface area contributed by atoms with Crippen LogP contribution in [0, 0.1) is 0 Å². The van der Waals surface area contributed by atoms with Crippen LogP contribution in [-0.2, 0) is 11.3 Å². The van der Waals surface area contributed by atoms with Crippen LogP contribution in [-0.4, -0.2) is 15.7 Å². The number of thiophene rings is 1. The number of imide groups is 1. The van der Waals surface area contributed by atoms with E-state index >= 15 is 0 Å². The van der Waals surface area contributed by atoms with E-state index in [4.69, 9.17) is 0 Å². The second kappa shape index (κ2) is 5.72. The Bertz CT molecular complexity index is 939. The molecule has 1 fully saturated rings. The van der Waals surface area contributed by atoms with Gasteiger partial charge in [0.2, 0.25) is 0 Å². The van der Waals surface area contributed by atoms with Crippen molar-refractivity contribution in [1.82, 2.24) is 9.88 Å². The van der Waals surface area contributed by atoms with E-state index in [1.54, 1.807) is 17.4 Å². The quantitative estimate of drug-likeness (QED) is 0.731. The number of rotatable bonds is 3. The van der Waals surface area contributed by atoms with Crippen molar-refractivity contribution in [3.63, 3.8) is 0 Å². The summed E-state index contributed by atoms with van der Waals surface area (Å²) in [7, 11) is 0. The number of thioether (sulfide) groups is 1. The first kappa shape index (κ1) is 14.3. The summed E-state index contributed by atoms with van der Waals surface area (Å²) in [5.41, 5.74) is 2.06. The summed E-state index contributed by atoms with van der Waals surface area (Å²) < 4.78 is 2.19. The number of nitrogens with one attached hydrogen (secondary N) is 1. The van der Waals surface area contributed by atoms with Crippen molar-refractivity contribution < 1.29 is 9.59 Å². The van der Waals surface area contributed by atoms with Crippen molar-refractivity contribution in [3.05, 3.63) is 63.3 Å². The normalized spacial score (nSPS) is 16.4. The van der Waals surface area contributed by atoms with Crippen molar-refractivity contribution in [2.75, 3.05) is 0 Å². The van der Waals surface area contributed by atoms with Gasteiger partial charge in [0.1, 0.15) is 0 Å². The Morgan fingerprint density at radius 2 is 2.04 bits per heavy atom. The van der Waals surface area contributed by atoms with Crippen LogP contribution in [0.3, 0.4) is 0 Å². The van der Waals surface area contributed by atoms with Crippen LogP contribution < -0.4 is 5.32 Å². The maximum atomic E-state index is 11.7. The molecule has 1 saturated heterocycles. The maximum absolute atomic E-state index is 11.7. The molecule has 1 aliphatic rings. The van der Waals surface area contributed by atoms with E-state index in [0.717, 1.165) is 34.8 Å². The van der Waals surface area contributed by atoms with Gasteiger partial charge < -0.3 is 4.57 Å². The van der Waals surface area contributed by atoms with Crippen LogP contribution >= 0.6 is 23.1 Å². The van der Waals surface area contributed by atoms with Gasteiger partial charge in [-0.25, -0.2) is 0 Å².